The average Bonchev–Trinajstić information content (AvgIpc) is 2.73. The van der Waals surface area contributed by atoms with E-state index in [4.69, 9.17) is 4.74 Å². The Morgan fingerprint density at radius 3 is 2.41 bits per heavy atom. The largest absolute Gasteiger partial charge is 0.378 e. The highest BCUT2D eigenvalue weighted by Gasteiger charge is 2.16. The number of nitrogens with zero attached hydrogens (tertiary/aromatic N) is 2. The summed E-state index contributed by atoms with van der Waals surface area (Å²) in [7, 11) is 0. The summed E-state index contributed by atoms with van der Waals surface area (Å²) in [5, 5.41) is 6.40. The van der Waals surface area contributed by atoms with Gasteiger partial charge in [-0.1, -0.05) is 23.8 Å². The Morgan fingerprint density at radius 1 is 1.07 bits per heavy atom. The number of benzene rings is 2. The van der Waals surface area contributed by atoms with E-state index in [0.717, 1.165) is 5.56 Å². The number of rotatable bonds is 4. The molecule has 7 nitrogen and oxygen atoms in total. The summed E-state index contributed by atoms with van der Waals surface area (Å²) in [4.78, 5) is 25.8. The van der Waals surface area contributed by atoms with Gasteiger partial charge in [0.05, 0.1) is 24.6 Å². The SMILES string of the molecule is C/C(=N/NC(=O)C(=O)Nc1ccc(C)cc1)c1ccc(N2CCOCC2)c(F)c1. The molecule has 1 heterocycles. The number of halogens is 1. The van der Waals surface area contributed by atoms with Gasteiger partial charge in [0.25, 0.3) is 0 Å². The number of nitrogens with one attached hydrogen (secondary N) is 2. The van der Waals surface area contributed by atoms with Crippen molar-refractivity contribution in [3.05, 3.63) is 59.4 Å². The van der Waals surface area contributed by atoms with Crippen LogP contribution in [0.4, 0.5) is 15.8 Å². The maximum Gasteiger partial charge on any atom is 0.329 e. The van der Waals surface area contributed by atoms with Gasteiger partial charge in [0.2, 0.25) is 0 Å². The normalized spacial score (nSPS) is 14.4. The van der Waals surface area contributed by atoms with Crippen LogP contribution in [0.15, 0.2) is 47.6 Å². The van der Waals surface area contributed by atoms with Gasteiger partial charge in [-0.05, 0) is 38.1 Å². The lowest BCUT2D eigenvalue weighted by atomic mass is 10.1. The van der Waals surface area contributed by atoms with E-state index >= 15 is 0 Å². The van der Waals surface area contributed by atoms with Crippen molar-refractivity contribution in [2.24, 2.45) is 5.10 Å². The third kappa shape index (κ3) is 5.39. The monoisotopic (exact) mass is 398 g/mol. The lowest BCUT2D eigenvalue weighted by molar-refractivity contribution is -0.136. The number of amides is 2. The zero-order valence-corrected chi connectivity index (χ0v) is 16.4. The Morgan fingerprint density at radius 2 is 1.76 bits per heavy atom. The summed E-state index contributed by atoms with van der Waals surface area (Å²) in [5.41, 5.74) is 5.15. The molecule has 0 unspecified atom stereocenters. The lowest BCUT2D eigenvalue weighted by Gasteiger charge is -2.29. The van der Waals surface area contributed by atoms with Crippen LogP contribution in [-0.2, 0) is 14.3 Å². The van der Waals surface area contributed by atoms with E-state index in [2.05, 4.69) is 15.8 Å². The fourth-order valence-electron chi connectivity index (χ4n) is 2.87. The number of hydrogen-bond donors (Lipinski definition) is 2. The topological polar surface area (TPSA) is 83.0 Å². The van der Waals surface area contributed by atoms with Crippen LogP contribution in [0.5, 0.6) is 0 Å². The first-order chi connectivity index (χ1) is 13.9. The maximum absolute atomic E-state index is 14.5. The minimum absolute atomic E-state index is 0.373. The molecule has 0 atom stereocenters. The summed E-state index contributed by atoms with van der Waals surface area (Å²) in [6.45, 7) is 5.95. The molecular weight excluding hydrogens is 375 g/mol. The molecule has 2 aromatic rings. The number of morpholine rings is 1. The molecule has 0 aromatic heterocycles. The third-order valence-electron chi connectivity index (χ3n) is 4.56. The van der Waals surface area contributed by atoms with E-state index < -0.39 is 11.8 Å². The molecule has 29 heavy (non-hydrogen) atoms. The molecule has 1 saturated heterocycles. The Hall–Kier alpha value is -3.26. The molecule has 0 aliphatic carbocycles. The first kappa shape index (κ1) is 20.5. The van der Waals surface area contributed by atoms with Gasteiger partial charge in [-0.25, -0.2) is 9.82 Å². The Kier molecular flexibility index (Phi) is 6.56. The number of carbonyl (C=O) groups excluding carboxylic acids is 2. The molecule has 0 spiro atoms. The van der Waals surface area contributed by atoms with Crippen molar-refractivity contribution in [1.29, 1.82) is 0 Å². The highest BCUT2D eigenvalue weighted by molar-refractivity contribution is 6.39. The van der Waals surface area contributed by atoms with E-state index in [1.165, 1.54) is 6.07 Å². The Balaban J connectivity index is 1.61. The third-order valence-corrected chi connectivity index (χ3v) is 4.56. The second kappa shape index (κ2) is 9.29. The smallest absolute Gasteiger partial charge is 0.329 e. The number of ether oxygens (including phenoxy) is 1. The summed E-state index contributed by atoms with van der Waals surface area (Å²) in [5.74, 6) is -2.11. The van der Waals surface area contributed by atoms with Gasteiger partial charge >= 0.3 is 11.8 Å². The number of aryl methyl sites for hydroxylation is 1. The van der Waals surface area contributed by atoms with Crippen molar-refractivity contribution < 1.29 is 18.7 Å². The van der Waals surface area contributed by atoms with Crippen LogP contribution >= 0.6 is 0 Å². The van der Waals surface area contributed by atoms with Gasteiger partial charge < -0.3 is 15.0 Å². The predicted molar refractivity (Wildman–Crippen MR) is 110 cm³/mol. The fourth-order valence-corrected chi connectivity index (χ4v) is 2.87. The van der Waals surface area contributed by atoms with Crippen molar-refractivity contribution in [2.45, 2.75) is 13.8 Å². The highest BCUT2D eigenvalue weighted by atomic mass is 19.1. The molecule has 2 N–H and O–H groups in total. The molecule has 2 amide bonds. The van der Waals surface area contributed by atoms with Crippen molar-refractivity contribution in [3.8, 4) is 0 Å². The first-order valence-corrected chi connectivity index (χ1v) is 9.29. The molecule has 0 radical (unpaired) electrons. The highest BCUT2D eigenvalue weighted by Crippen LogP contribution is 2.22. The van der Waals surface area contributed by atoms with Crippen molar-refractivity contribution in [2.75, 3.05) is 36.5 Å². The van der Waals surface area contributed by atoms with Gasteiger partial charge in [0.15, 0.2) is 0 Å². The minimum atomic E-state index is -0.907. The molecule has 1 aliphatic rings. The zero-order valence-electron chi connectivity index (χ0n) is 16.4. The van der Waals surface area contributed by atoms with Crippen molar-refractivity contribution in [3.63, 3.8) is 0 Å². The molecule has 1 aliphatic heterocycles. The van der Waals surface area contributed by atoms with E-state index in [1.807, 2.05) is 24.0 Å². The lowest BCUT2D eigenvalue weighted by Crippen LogP contribution is -2.36. The van der Waals surface area contributed by atoms with Gasteiger partial charge in [-0.3, -0.25) is 9.59 Å². The molecule has 1 fully saturated rings. The first-order valence-electron chi connectivity index (χ1n) is 9.29. The molecule has 3 rings (SSSR count). The van der Waals surface area contributed by atoms with Crippen molar-refractivity contribution in [1.82, 2.24) is 5.43 Å². The fraction of sp³-hybridized carbons (Fsp3) is 0.286. The Bertz CT molecular complexity index is 922. The van der Waals surface area contributed by atoms with E-state index in [-0.39, 0.29) is 5.82 Å². The van der Waals surface area contributed by atoms with Crippen LogP contribution in [-0.4, -0.2) is 43.8 Å². The van der Waals surface area contributed by atoms with Crippen LogP contribution < -0.4 is 15.6 Å². The summed E-state index contributed by atoms with van der Waals surface area (Å²) in [6, 6.07) is 11.8. The number of carbonyl (C=O) groups is 2. The predicted octanol–water partition coefficient (Wildman–Crippen LogP) is 2.45. The summed E-state index contributed by atoms with van der Waals surface area (Å²) < 4.78 is 19.8. The zero-order chi connectivity index (χ0) is 20.8. The van der Waals surface area contributed by atoms with E-state index in [0.29, 0.717) is 49.0 Å². The maximum atomic E-state index is 14.5. The molecule has 8 heteroatoms. The standard InChI is InChI=1S/C21H23FN4O3/c1-14-3-6-17(7-4-14)23-20(27)21(28)25-24-15(2)16-5-8-19(18(22)13-16)26-9-11-29-12-10-26/h3-8,13H,9-12H2,1-2H3,(H,23,27)(H,25,28)/b24-15-. The molecule has 152 valence electrons. The van der Waals surface area contributed by atoms with Crippen LogP contribution in [0.25, 0.3) is 0 Å². The van der Waals surface area contributed by atoms with Gasteiger partial charge in [0.1, 0.15) is 5.82 Å². The van der Waals surface area contributed by atoms with Crippen LogP contribution in [0.1, 0.15) is 18.1 Å². The summed E-state index contributed by atoms with van der Waals surface area (Å²) >= 11 is 0. The second-order valence-corrected chi connectivity index (χ2v) is 6.72. The minimum Gasteiger partial charge on any atom is -0.378 e. The van der Waals surface area contributed by atoms with Gasteiger partial charge in [-0.15, -0.1) is 0 Å². The molecule has 0 bridgehead atoms. The molecule has 0 saturated carbocycles. The molecular formula is C21H23FN4O3. The van der Waals surface area contributed by atoms with Crippen molar-refractivity contribution >= 4 is 28.9 Å². The van der Waals surface area contributed by atoms with E-state index in [9.17, 15) is 14.0 Å². The number of anilines is 2. The van der Waals surface area contributed by atoms with Crippen LogP contribution in [0.3, 0.4) is 0 Å². The van der Waals surface area contributed by atoms with Gasteiger partial charge in [0, 0.05) is 24.3 Å². The van der Waals surface area contributed by atoms with Gasteiger partial charge in [-0.2, -0.15) is 5.10 Å². The average molecular weight is 398 g/mol. The number of hydrogen-bond acceptors (Lipinski definition) is 5. The number of hydrazone groups is 1. The second-order valence-electron chi connectivity index (χ2n) is 6.72. The molecule has 2 aromatic carbocycles. The van der Waals surface area contributed by atoms with E-state index in [1.54, 1.807) is 31.2 Å². The van der Waals surface area contributed by atoms with Crippen LogP contribution in [0.2, 0.25) is 0 Å². The summed E-state index contributed by atoms with van der Waals surface area (Å²) in [6.07, 6.45) is 0. The van der Waals surface area contributed by atoms with Crippen LogP contribution in [0, 0.1) is 12.7 Å². The quantitative estimate of drug-likeness (QED) is 0.471. The Labute approximate surface area is 168 Å².